The van der Waals surface area contributed by atoms with E-state index in [1.807, 2.05) is 18.2 Å². The fourth-order valence-corrected chi connectivity index (χ4v) is 4.26. The number of rotatable bonds is 9. The van der Waals surface area contributed by atoms with Crippen LogP contribution in [-0.2, 0) is 11.2 Å². The number of benzene rings is 3. The molecule has 3 aromatic rings. The number of hydrogen-bond acceptors (Lipinski definition) is 7. The Morgan fingerprint density at radius 2 is 1.78 bits per heavy atom. The molecule has 0 bridgehead atoms. The maximum Gasteiger partial charge on any atom is 0.244 e. The summed E-state index contributed by atoms with van der Waals surface area (Å²) in [6, 6.07) is 15.4. The minimum Gasteiger partial charge on any atom is -0.508 e. The number of carbonyl (C=O) groups is 1. The van der Waals surface area contributed by atoms with Crippen LogP contribution in [-0.4, -0.2) is 48.6 Å². The summed E-state index contributed by atoms with van der Waals surface area (Å²) in [6.45, 7) is 0.286. The largest absolute Gasteiger partial charge is 0.508 e. The molecule has 0 aromatic heterocycles. The highest BCUT2D eigenvalue weighted by molar-refractivity contribution is 5.91. The van der Waals surface area contributed by atoms with Gasteiger partial charge in [-0.25, -0.2) is 0 Å². The third kappa shape index (κ3) is 5.39. The summed E-state index contributed by atoms with van der Waals surface area (Å²) in [4.78, 5) is 12.3. The quantitative estimate of drug-likeness (QED) is 0.337. The third-order valence-corrected chi connectivity index (χ3v) is 6.14. The summed E-state index contributed by atoms with van der Waals surface area (Å²) in [6.07, 6.45) is 3.27. The standard InChI is InChI=1S/C28H29NO7/c1-34-24-15-19(6-9-23(24)32)27-22(16-30)21-13-18(14-25(35-2)28(21)36-27)5-10-26(33)29-12-11-17-3-7-20(31)8-4-17/h3-10,13-15,22,27,30-32H,11-12,16H2,1-2H3,(H,29,33)/b10-5+/t22-,27-/m0/s1. The van der Waals surface area contributed by atoms with E-state index < -0.39 is 6.10 Å². The first-order valence-corrected chi connectivity index (χ1v) is 11.5. The number of fused-ring (bicyclic) bond motifs is 1. The number of carbonyl (C=O) groups excluding carboxylic acids is 1. The zero-order valence-electron chi connectivity index (χ0n) is 20.1. The average Bonchev–Trinajstić information content (AvgIpc) is 3.27. The van der Waals surface area contributed by atoms with Gasteiger partial charge in [0.15, 0.2) is 23.0 Å². The van der Waals surface area contributed by atoms with E-state index in [4.69, 9.17) is 14.2 Å². The van der Waals surface area contributed by atoms with Crippen molar-refractivity contribution >= 4 is 12.0 Å². The van der Waals surface area contributed by atoms with Gasteiger partial charge in [0.05, 0.1) is 26.7 Å². The second kappa shape index (κ2) is 11.0. The lowest BCUT2D eigenvalue weighted by Gasteiger charge is -2.18. The monoisotopic (exact) mass is 491 g/mol. The Kier molecular flexibility index (Phi) is 7.65. The van der Waals surface area contributed by atoms with Gasteiger partial charge < -0.3 is 34.8 Å². The maximum absolute atomic E-state index is 12.3. The molecule has 8 heteroatoms. The number of nitrogens with one attached hydrogen (secondary N) is 1. The van der Waals surface area contributed by atoms with E-state index in [1.165, 1.54) is 26.4 Å². The summed E-state index contributed by atoms with van der Waals surface area (Å²) in [5.74, 6) is 0.946. The fourth-order valence-electron chi connectivity index (χ4n) is 4.26. The number of ether oxygens (including phenoxy) is 3. The van der Waals surface area contributed by atoms with Gasteiger partial charge in [0.2, 0.25) is 5.91 Å². The van der Waals surface area contributed by atoms with Gasteiger partial charge in [-0.05, 0) is 65.6 Å². The average molecular weight is 492 g/mol. The van der Waals surface area contributed by atoms with E-state index >= 15 is 0 Å². The lowest BCUT2D eigenvalue weighted by atomic mass is 9.90. The molecule has 1 amide bonds. The van der Waals surface area contributed by atoms with Crippen LogP contribution in [0.2, 0.25) is 0 Å². The molecular weight excluding hydrogens is 462 g/mol. The molecule has 0 saturated carbocycles. The van der Waals surface area contributed by atoms with Crippen molar-refractivity contribution in [3.63, 3.8) is 0 Å². The van der Waals surface area contributed by atoms with Crippen LogP contribution in [0.15, 0.2) is 60.7 Å². The van der Waals surface area contributed by atoms with Gasteiger partial charge in [-0.15, -0.1) is 0 Å². The summed E-state index contributed by atoms with van der Waals surface area (Å²) in [5.41, 5.74) is 3.25. The minimum atomic E-state index is -0.504. The number of aliphatic hydroxyl groups is 1. The van der Waals surface area contributed by atoms with E-state index in [9.17, 15) is 20.1 Å². The van der Waals surface area contributed by atoms with Crippen LogP contribution in [0.1, 0.15) is 34.3 Å². The molecule has 1 aliphatic rings. The van der Waals surface area contributed by atoms with E-state index in [0.717, 1.165) is 22.3 Å². The van der Waals surface area contributed by atoms with Crippen LogP contribution in [0, 0.1) is 0 Å². The Hall–Kier alpha value is -4.17. The molecule has 1 aliphatic heterocycles. The first kappa shape index (κ1) is 24.9. The highest BCUT2D eigenvalue weighted by Gasteiger charge is 2.37. The van der Waals surface area contributed by atoms with Crippen LogP contribution in [0.3, 0.4) is 0 Å². The van der Waals surface area contributed by atoms with Crippen molar-refractivity contribution in [3.05, 3.63) is 82.9 Å². The van der Waals surface area contributed by atoms with E-state index in [0.29, 0.717) is 30.2 Å². The minimum absolute atomic E-state index is 0.0173. The molecule has 4 rings (SSSR count). The van der Waals surface area contributed by atoms with Crippen LogP contribution >= 0.6 is 0 Å². The second-order valence-electron chi connectivity index (χ2n) is 8.44. The Balaban J connectivity index is 1.49. The molecule has 0 radical (unpaired) electrons. The van der Waals surface area contributed by atoms with Crippen LogP contribution < -0.4 is 19.5 Å². The van der Waals surface area contributed by atoms with Gasteiger partial charge in [-0.1, -0.05) is 18.2 Å². The number of phenols is 2. The molecule has 2 atom stereocenters. The number of phenolic OH excluding ortho intramolecular Hbond substituents is 2. The van der Waals surface area contributed by atoms with Crippen molar-refractivity contribution in [2.24, 2.45) is 0 Å². The number of amides is 1. The SMILES string of the molecule is COc1cc([C@@H]2Oc3c(OC)cc(/C=C/C(=O)NCCc4ccc(O)cc4)cc3[C@@H]2CO)ccc1O. The Morgan fingerprint density at radius 3 is 2.47 bits per heavy atom. The van der Waals surface area contributed by atoms with Gasteiger partial charge in [0.25, 0.3) is 0 Å². The smallest absolute Gasteiger partial charge is 0.244 e. The van der Waals surface area contributed by atoms with E-state index in [2.05, 4.69) is 5.32 Å². The first-order chi connectivity index (χ1) is 17.4. The predicted octanol–water partition coefficient (Wildman–Crippen LogP) is 3.70. The highest BCUT2D eigenvalue weighted by atomic mass is 16.5. The Labute approximate surface area is 209 Å². The van der Waals surface area contributed by atoms with Gasteiger partial charge >= 0.3 is 0 Å². The molecule has 0 saturated heterocycles. The van der Waals surface area contributed by atoms with Crippen molar-refractivity contribution in [1.82, 2.24) is 5.32 Å². The van der Waals surface area contributed by atoms with Crippen LogP contribution in [0.4, 0.5) is 0 Å². The number of aliphatic hydroxyl groups excluding tert-OH is 1. The lowest BCUT2D eigenvalue weighted by molar-refractivity contribution is -0.116. The number of methoxy groups -OCH3 is 2. The zero-order valence-corrected chi connectivity index (χ0v) is 20.1. The molecule has 8 nitrogen and oxygen atoms in total. The van der Waals surface area contributed by atoms with E-state index in [-0.39, 0.29) is 29.9 Å². The van der Waals surface area contributed by atoms with Gasteiger partial charge in [-0.2, -0.15) is 0 Å². The molecular formula is C28H29NO7. The van der Waals surface area contributed by atoms with Crippen molar-refractivity contribution in [3.8, 4) is 28.7 Å². The van der Waals surface area contributed by atoms with Crippen molar-refractivity contribution in [2.75, 3.05) is 27.4 Å². The molecule has 1 heterocycles. The zero-order chi connectivity index (χ0) is 25.7. The summed E-state index contributed by atoms with van der Waals surface area (Å²) >= 11 is 0. The normalized spacial score (nSPS) is 16.4. The number of hydrogen-bond donors (Lipinski definition) is 4. The molecule has 0 unspecified atom stereocenters. The first-order valence-electron chi connectivity index (χ1n) is 11.5. The number of aromatic hydroxyl groups is 2. The third-order valence-electron chi connectivity index (χ3n) is 6.14. The molecule has 3 aromatic carbocycles. The fraction of sp³-hybridized carbons (Fsp3) is 0.250. The molecule has 4 N–H and O–H groups in total. The predicted molar refractivity (Wildman–Crippen MR) is 135 cm³/mol. The summed E-state index contributed by atoms with van der Waals surface area (Å²) in [5, 5.41) is 32.3. The van der Waals surface area contributed by atoms with Gasteiger partial charge in [-0.3, -0.25) is 4.79 Å². The maximum atomic E-state index is 12.3. The molecule has 0 spiro atoms. The van der Waals surface area contributed by atoms with Crippen LogP contribution in [0.5, 0.6) is 28.7 Å². The Morgan fingerprint density at radius 1 is 1.03 bits per heavy atom. The van der Waals surface area contributed by atoms with E-state index in [1.54, 1.807) is 36.4 Å². The van der Waals surface area contributed by atoms with Gasteiger partial charge in [0.1, 0.15) is 11.9 Å². The Bertz CT molecular complexity index is 1250. The highest BCUT2D eigenvalue weighted by Crippen LogP contribution is 2.51. The lowest BCUT2D eigenvalue weighted by Crippen LogP contribution is -2.23. The molecule has 0 fully saturated rings. The van der Waals surface area contributed by atoms with Crippen molar-refractivity contribution in [1.29, 1.82) is 0 Å². The second-order valence-corrected chi connectivity index (χ2v) is 8.44. The molecule has 0 aliphatic carbocycles. The summed E-state index contributed by atoms with van der Waals surface area (Å²) in [7, 11) is 3.01. The summed E-state index contributed by atoms with van der Waals surface area (Å²) < 4.78 is 17.0. The topological polar surface area (TPSA) is 117 Å². The van der Waals surface area contributed by atoms with Crippen LogP contribution in [0.25, 0.3) is 6.08 Å². The van der Waals surface area contributed by atoms with Gasteiger partial charge in [0, 0.05) is 18.2 Å². The van der Waals surface area contributed by atoms with Crippen molar-refractivity contribution < 1.29 is 34.3 Å². The molecule has 36 heavy (non-hydrogen) atoms. The van der Waals surface area contributed by atoms with Crippen molar-refractivity contribution in [2.45, 2.75) is 18.4 Å². The molecule has 188 valence electrons.